The van der Waals surface area contributed by atoms with E-state index in [1.807, 2.05) is 30.3 Å². The minimum absolute atomic E-state index is 0.0485. The summed E-state index contributed by atoms with van der Waals surface area (Å²) >= 11 is 2.84. The van der Waals surface area contributed by atoms with Gasteiger partial charge in [-0.15, -0.1) is 11.3 Å². The first-order chi connectivity index (χ1) is 12.6. The number of rotatable bonds is 4. The molecule has 5 nitrogen and oxygen atoms in total. The Morgan fingerprint density at radius 3 is 2.73 bits per heavy atom. The number of primary amides is 1. The van der Waals surface area contributed by atoms with Gasteiger partial charge in [-0.2, -0.15) is 0 Å². The van der Waals surface area contributed by atoms with Crippen LogP contribution in [0.25, 0.3) is 15.9 Å². The molecule has 0 aliphatic heterocycles. The van der Waals surface area contributed by atoms with E-state index in [0.717, 1.165) is 41.6 Å². The van der Waals surface area contributed by atoms with Crippen molar-refractivity contribution < 1.29 is 4.79 Å². The maximum Gasteiger partial charge on any atom is 0.267 e. The number of hydrogen-bond donors (Lipinski definition) is 1. The Balaban J connectivity index is 1.97. The fraction of sp³-hybridized carbons (Fsp3) is 0.316. The van der Waals surface area contributed by atoms with Crippen molar-refractivity contribution in [3.8, 4) is 5.69 Å². The highest BCUT2D eigenvalue weighted by atomic mass is 32.2. The van der Waals surface area contributed by atoms with Crippen LogP contribution in [0.4, 0.5) is 0 Å². The van der Waals surface area contributed by atoms with Crippen molar-refractivity contribution in [2.24, 2.45) is 5.73 Å². The number of benzene rings is 1. The Kier molecular flexibility index (Phi) is 4.82. The number of thioether (sulfide) groups is 1. The number of thiophene rings is 1. The molecule has 0 fully saturated rings. The lowest BCUT2D eigenvalue weighted by Gasteiger charge is -2.12. The van der Waals surface area contributed by atoms with E-state index in [4.69, 9.17) is 10.7 Å². The maximum atomic E-state index is 13.4. The fourth-order valence-electron chi connectivity index (χ4n) is 3.40. The summed E-state index contributed by atoms with van der Waals surface area (Å²) in [5.41, 5.74) is 7.19. The summed E-state index contributed by atoms with van der Waals surface area (Å²) in [6.45, 7) is 0. The number of aromatic nitrogens is 2. The van der Waals surface area contributed by atoms with E-state index in [1.54, 1.807) is 15.9 Å². The lowest BCUT2D eigenvalue weighted by molar-refractivity contribution is -0.115. The lowest BCUT2D eigenvalue weighted by Crippen LogP contribution is -2.23. The zero-order valence-corrected chi connectivity index (χ0v) is 15.9. The summed E-state index contributed by atoms with van der Waals surface area (Å²) in [4.78, 5) is 31.5. The van der Waals surface area contributed by atoms with E-state index in [9.17, 15) is 9.59 Å². The van der Waals surface area contributed by atoms with Gasteiger partial charge in [0.15, 0.2) is 5.16 Å². The number of carbonyl (C=O) groups excluding carboxylic acids is 1. The van der Waals surface area contributed by atoms with Crippen LogP contribution in [0.3, 0.4) is 0 Å². The minimum atomic E-state index is -0.425. The normalized spacial score (nSPS) is 14.2. The third kappa shape index (κ3) is 3.17. The van der Waals surface area contributed by atoms with Gasteiger partial charge in [0.1, 0.15) is 4.83 Å². The van der Waals surface area contributed by atoms with Gasteiger partial charge in [0.2, 0.25) is 5.91 Å². The maximum absolute atomic E-state index is 13.4. The molecule has 1 aliphatic rings. The average molecular weight is 386 g/mol. The van der Waals surface area contributed by atoms with Crippen molar-refractivity contribution in [3.63, 3.8) is 0 Å². The average Bonchev–Trinajstić information content (AvgIpc) is 2.82. The van der Waals surface area contributed by atoms with Crippen molar-refractivity contribution in [1.82, 2.24) is 9.55 Å². The second-order valence-corrected chi connectivity index (χ2v) is 8.40. The Bertz CT molecular complexity index is 1020. The Hall–Kier alpha value is -2.12. The number of aryl methyl sites for hydroxylation is 2. The van der Waals surface area contributed by atoms with Crippen LogP contribution in [0.15, 0.2) is 40.3 Å². The van der Waals surface area contributed by atoms with Gasteiger partial charge in [-0.1, -0.05) is 36.4 Å². The minimum Gasteiger partial charge on any atom is -0.369 e. The predicted molar refractivity (Wildman–Crippen MR) is 106 cm³/mol. The molecule has 0 spiro atoms. The van der Waals surface area contributed by atoms with Crippen molar-refractivity contribution in [2.75, 3.05) is 5.75 Å². The van der Waals surface area contributed by atoms with E-state index in [-0.39, 0.29) is 11.3 Å². The molecule has 0 unspecified atom stereocenters. The standard InChI is InChI=1S/C19H19N3O2S2/c20-15(23)11-25-19-21-17-16(13-9-5-2-6-10-14(13)26-17)18(24)22(19)12-7-3-1-4-8-12/h1,3-4,7-8H,2,5-6,9-11H2,(H2,20,23). The van der Waals surface area contributed by atoms with Gasteiger partial charge in [0.05, 0.1) is 16.8 Å². The molecule has 2 heterocycles. The first-order valence-electron chi connectivity index (χ1n) is 8.69. The van der Waals surface area contributed by atoms with Gasteiger partial charge < -0.3 is 5.73 Å². The van der Waals surface area contributed by atoms with Crippen LogP contribution in [0, 0.1) is 0 Å². The van der Waals surface area contributed by atoms with Crippen LogP contribution >= 0.6 is 23.1 Å². The summed E-state index contributed by atoms with van der Waals surface area (Å²) in [7, 11) is 0. The molecule has 134 valence electrons. The molecule has 0 bridgehead atoms. The summed E-state index contributed by atoms with van der Waals surface area (Å²) in [5.74, 6) is -0.332. The predicted octanol–water partition coefficient (Wildman–Crippen LogP) is 3.29. The topological polar surface area (TPSA) is 78.0 Å². The summed E-state index contributed by atoms with van der Waals surface area (Å²) < 4.78 is 1.62. The van der Waals surface area contributed by atoms with Crippen molar-refractivity contribution >= 4 is 39.2 Å². The molecule has 7 heteroatoms. The number of nitrogens with two attached hydrogens (primary N) is 1. The monoisotopic (exact) mass is 385 g/mol. The highest BCUT2D eigenvalue weighted by molar-refractivity contribution is 7.99. The summed E-state index contributed by atoms with van der Waals surface area (Å²) in [6, 6.07) is 9.46. The summed E-state index contributed by atoms with van der Waals surface area (Å²) in [6.07, 6.45) is 5.44. The molecular formula is C19H19N3O2S2. The third-order valence-electron chi connectivity index (χ3n) is 4.57. The molecule has 0 atom stereocenters. The van der Waals surface area contributed by atoms with Crippen LogP contribution in [0.2, 0.25) is 0 Å². The van der Waals surface area contributed by atoms with E-state index in [2.05, 4.69) is 0 Å². The van der Waals surface area contributed by atoms with Gasteiger partial charge in [0, 0.05) is 4.88 Å². The molecule has 3 aromatic rings. The largest absolute Gasteiger partial charge is 0.369 e. The van der Waals surface area contributed by atoms with Crippen LogP contribution in [-0.2, 0) is 17.6 Å². The van der Waals surface area contributed by atoms with Gasteiger partial charge in [-0.25, -0.2) is 4.98 Å². The molecule has 1 aliphatic carbocycles. The van der Waals surface area contributed by atoms with E-state index >= 15 is 0 Å². The highest BCUT2D eigenvalue weighted by Gasteiger charge is 2.22. The second kappa shape index (κ2) is 7.25. The molecule has 1 amide bonds. The molecule has 26 heavy (non-hydrogen) atoms. The SMILES string of the molecule is NC(=O)CSc1nc2sc3c(c2c(=O)n1-c1ccccc1)CCCCC3. The molecule has 2 N–H and O–H groups in total. The van der Waals surface area contributed by atoms with Crippen LogP contribution in [0.5, 0.6) is 0 Å². The molecule has 0 radical (unpaired) electrons. The van der Waals surface area contributed by atoms with E-state index < -0.39 is 5.91 Å². The Morgan fingerprint density at radius 2 is 1.96 bits per heavy atom. The van der Waals surface area contributed by atoms with Gasteiger partial charge >= 0.3 is 0 Å². The Morgan fingerprint density at radius 1 is 1.19 bits per heavy atom. The number of hydrogen-bond acceptors (Lipinski definition) is 5. The van der Waals surface area contributed by atoms with Gasteiger partial charge in [0.25, 0.3) is 5.56 Å². The molecular weight excluding hydrogens is 366 g/mol. The first-order valence-corrected chi connectivity index (χ1v) is 10.5. The fourth-order valence-corrected chi connectivity index (χ4v) is 5.45. The molecule has 1 aromatic carbocycles. The van der Waals surface area contributed by atoms with Gasteiger partial charge in [-0.05, 0) is 43.4 Å². The number of carbonyl (C=O) groups is 1. The number of amides is 1. The van der Waals surface area contributed by atoms with Crippen molar-refractivity contribution in [3.05, 3.63) is 51.1 Å². The zero-order chi connectivity index (χ0) is 18.1. The molecule has 2 aromatic heterocycles. The van der Waals surface area contributed by atoms with Gasteiger partial charge in [-0.3, -0.25) is 14.2 Å². The number of nitrogens with zero attached hydrogens (tertiary/aromatic N) is 2. The van der Waals surface area contributed by atoms with Crippen LogP contribution in [0.1, 0.15) is 29.7 Å². The van der Waals surface area contributed by atoms with Crippen molar-refractivity contribution in [2.45, 2.75) is 37.3 Å². The molecule has 0 saturated carbocycles. The second-order valence-electron chi connectivity index (χ2n) is 6.37. The quantitative estimate of drug-likeness (QED) is 0.425. The smallest absolute Gasteiger partial charge is 0.267 e. The summed E-state index contributed by atoms with van der Waals surface area (Å²) in [5, 5.41) is 1.27. The Labute approximate surface area is 159 Å². The highest BCUT2D eigenvalue weighted by Crippen LogP contribution is 2.34. The lowest BCUT2D eigenvalue weighted by atomic mass is 10.1. The van der Waals surface area contributed by atoms with E-state index in [0.29, 0.717) is 5.16 Å². The van der Waals surface area contributed by atoms with Crippen LogP contribution in [-0.4, -0.2) is 21.2 Å². The number of para-hydroxylation sites is 1. The molecule has 4 rings (SSSR count). The third-order valence-corrected chi connectivity index (χ3v) is 6.71. The first kappa shape index (κ1) is 17.3. The van der Waals surface area contributed by atoms with Crippen LogP contribution < -0.4 is 11.3 Å². The zero-order valence-electron chi connectivity index (χ0n) is 14.2. The van der Waals surface area contributed by atoms with Crippen molar-refractivity contribution in [1.29, 1.82) is 0 Å². The van der Waals surface area contributed by atoms with E-state index in [1.165, 1.54) is 28.6 Å². The number of fused-ring (bicyclic) bond motifs is 3. The molecule has 0 saturated heterocycles.